The third-order valence-corrected chi connectivity index (χ3v) is 5.16. The van der Waals surface area contributed by atoms with Gasteiger partial charge < -0.3 is 5.32 Å². The number of nitrogens with zero attached hydrogens (tertiary/aromatic N) is 2. The molecule has 6 heteroatoms. The molecule has 0 bridgehead atoms. The third kappa shape index (κ3) is 5.00. The number of carbonyl (C=O) groups is 1. The fourth-order valence-corrected chi connectivity index (χ4v) is 3.69. The van der Waals surface area contributed by atoms with Crippen LogP contribution in [0.1, 0.15) is 12.5 Å². The van der Waals surface area contributed by atoms with Gasteiger partial charge in [-0.25, -0.2) is 4.79 Å². The fraction of sp³-hybridized carbons (Fsp3) is 0.263. The Labute approximate surface area is 157 Å². The Hall–Kier alpha value is -1.98. The number of hydrogen-bond donors (Lipinski definition) is 1. The molecule has 4 nitrogen and oxygen atoms in total. The van der Waals surface area contributed by atoms with Crippen molar-refractivity contribution in [2.75, 3.05) is 18.4 Å². The first-order valence-corrected chi connectivity index (χ1v) is 9.47. The van der Waals surface area contributed by atoms with Crippen LogP contribution in [0.5, 0.6) is 0 Å². The van der Waals surface area contributed by atoms with Gasteiger partial charge in [-0.05, 0) is 30.2 Å². The van der Waals surface area contributed by atoms with Crippen LogP contribution < -0.4 is 5.32 Å². The summed E-state index contributed by atoms with van der Waals surface area (Å²) in [6.45, 7) is 3.44. The molecule has 0 radical (unpaired) electrons. The molecule has 0 aromatic heterocycles. The summed E-state index contributed by atoms with van der Waals surface area (Å²) in [5.74, 6) is 0. The van der Waals surface area contributed by atoms with Gasteiger partial charge in [-0.2, -0.15) is 0 Å². The highest BCUT2D eigenvalue weighted by Crippen LogP contribution is 2.24. The first kappa shape index (κ1) is 17.8. The quantitative estimate of drug-likeness (QED) is 0.827. The average molecular weight is 374 g/mol. The van der Waals surface area contributed by atoms with Crippen molar-refractivity contribution < 1.29 is 4.79 Å². The van der Waals surface area contributed by atoms with Gasteiger partial charge in [0.15, 0.2) is 5.17 Å². The molecule has 1 aliphatic heterocycles. The molecule has 0 saturated carbocycles. The number of halogens is 1. The summed E-state index contributed by atoms with van der Waals surface area (Å²) < 4.78 is 0. The molecule has 2 aromatic rings. The molecule has 2 aromatic carbocycles. The standard InChI is InChI=1S/C19H20ClN3OS/c1-14-13-21-19(25-14)23(11-10-15-6-3-2-4-7-15)18(24)22-17-9-5-8-16(20)12-17/h2-9,12,14H,10-11,13H2,1H3,(H,22,24)/t14-/m0/s1. The lowest BCUT2D eigenvalue weighted by Crippen LogP contribution is -2.39. The Balaban J connectivity index is 1.72. The molecule has 1 heterocycles. The lowest BCUT2D eigenvalue weighted by Gasteiger charge is -2.23. The van der Waals surface area contributed by atoms with Gasteiger partial charge in [-0.1, -0.05) is 66.7 Å². The van der Waals surface area contributed by atoms with E-state index in [0.717, 1.165) is 18.1 Å². The lowest BCUT2D eigenvalue weighted by molar-refractivity contribution is 0.234. The number of carbonyl (C=O) groups excluding carboxylic acids is 1. The summed E-state index contributed by atoms with van der Waals surface area (Å²) >= 11 is 7.64. The van der Waals surface area contributed by atoms with E-state index >= 15 is 0 Å². The highest BCUT2D eigenvalue weighted by molar-refractivity contribution is 8.14. The zero-order valence-corrected chi connectivity index (χ0v) is 15.6. The van der Waals surface area contributed by atoms with E-state index in [2.05, 4.69) is 29.4 Å². The Bertz CT molecular complexity index is 766. The normalized spacial score (nSPS) is 16.4. The van der Waals surface area contributed by atoms with Gasteiger partial charge in [0.25, 0.3) is 0 Å². The Morgan fingerprint density at radius 3 is 2.76 bits per heavy atom. The Morgan fingerprint density at radius 1 is 1.28 bits per heavy atom. The highest BCUT2D eigenvalue weighted by atomic mass is 35.5. The van der Waals surface area contributed by atoms with Gasteiger partial charge in [0.05, 0.1) is 6.54 Å². The minimum atomic E-state index is -0.182. The van der Waals surface area contributed by atoms with Gasteiger partial charge in [-0.15, -0.1) is 0 Å². The molecule has 3 rings (SSSR count). The van der Waals surface area contributed by atoms with Crippen LogP contribution in [0.4, 0.5) is 10.5 Å². The van der Waals surface area contributed by atoms with Crippen molar-refractivity contribution >= 4 is 40.2 Å². The van der Waals surface area contributed by atoms with Crippen molar-refractivity contribution in [1.82, 2.24) is 4.90 Å². The monoisotopic (exact) mass is 373 g/mol. The summed E-state index contributed by atoms with van der Waals surface area (Å²) in [5, 5.41) is 4.69. The molecule has 0 unspecified atom stereocenters. The van der Waals surface area contributed by atoms with E-state index in [1.165, 1.54) is 5.56 Å². The highest BCUT2D eigenvalue weighted by Gasteiger charge is 2.25. The van der Waals surface area contributed by atoms with Crippen LogP contribution >= 0.6 is 23.4 Å². The fourth-order valence-electron chi connectivity index (χ4n) is 2.54. The maximum Gasteiger partial charge on any atom is 0.327 e. The number of thioether (sulfide) groups is 1. The molecule has 1 aliphatic rings. The van der Waals surface area contributed by atoms with E-state index in [1.807, 2.05) is 30.3 Å². The van der Waals surface area contributed by atoms with Crippen LogP contribution in [0.15, 0.2) is 59.6 Å². The minimum Gasteiger partial charge on any atom is -0.307 e. The van der Waals surface area contributed by atoms with Crippen LogP contribution in [-0.2, 0) is 6.42 Å². The number of urea groups is 1. The van der Waals surface area contributed by atoms with Gasteiger partial charge >= 0.3 is 6.03 Å². The molecule has 0 saturated heterocycles. The number of rotatable bonds is 4. The largest absolute Gasteiger partial charge is 0.327 e. The van der Waals surface area contributed by atoms with Crippen molar-refractivity contribution in [3.8, 4) is 0 Å². The zero-order chi connectivity index (χ0) is 17.6. The summed E-state index contributed by atoms with van der Waals surface area (Å²) in [4.78, 5) is 19.1. The zero-order valence-electron chi connectivity index (χ0n) is 14.0. The van der Waals surface area contributed by atoms with E-state index in [-0.39, 0.29) is 6.03 Å². The maximum absolute atomic E-state index is 12.8. The molecular weight excluding hydrogens is 354 g/mol. The van der Waals surface area contributed by atoms with Crippen molar-refractivity contribution in [2.24, 2.45) is 4.99 Å². The van der Waals surface area contributed by atoms with Crippen LogP contribution in [-0.4, -0.2) is 34.4 Å². The first-order valence-electron chi connectivity index (χ1n) is 8.21. The molecule has 130 valence electrons. The van der Waals surface area contributed by atoms with Crippen LogP contribution in [0.3, 0.4) is 0 Å². The maximum atomic E-state index is 12.8. The number of amidine groups is 1. The van der Waals surface area contributed by atoms with Gasteiger partial charge in [0.1, 0.15) is 0 Å². The van der Waals surface area contributed by atoms with E-state index < -0.39 is 0 Å². The van der Waals surface area contributed by atoms with Crippen LogP contribution in [0.25, 0.3) is 0 Å². The summed E-state index contributed by atoms with van der Waals surface area (Å²) in [6, 6.07) is 17.1. The number of anilines is 1. The molecular formula is C19H20ClN3OS. The van der Waals surface area contributed by atoms with Gasteiger partial charge in [0, 0.05) is 22.5 Å². The van der Waals surface area contributed by atoms with E-state index in [1.54, 1.807) is 28.8 Å². The second-order valence-corrected chi connectivity index (χ2v) is 7.72. The molecule has 0 spiro atoms. The Morgan fingerprint density at radius 2 is 2.08 bits per heavy atom. The number of hydrogen-bond acceptors (Lipinski definition) is 3. The summed E-state index contributed by atoms with van der Waals surface area (Å²) in [7, 11) is 0. The molecule has 0 fully saturated rings. The third-order valence-electron chi connectivity index (χ3n) is 3.81. The van der Waals surface area contributed by atoms with Crippen molar-refractivity contribution in [1.29, 1.82) is 0 Å². The van der Waals surface area contributed by atoms with Gasteiger partial charge in [0.2, 0.25) is 0 Å². The smallest absolute Gasteiger partial charge is 0.307 e. The van der Waals surface area contributed by atoms with Crippen LogP contribution in [0.2, 0.25) is 5.02 Å². The van der Waals surface area contributed by atoms with Crippen LogP contribution in [0, 0.1) is 0 Å². The second kappa shape index (κ2) is 8.41. The van der Waals surface area contributed by atoms with Crippen molar-refractivity contribution in [2.45, 2.75) is 18.6 Å². The van der Waals surface area contributed by atoms with Crippen molar-refractivity contribution in [3.63, 3.8) is 0 Å². The molecule has 1 N–H and O–H groups in total. The molecule has 1 atom stereocenters. The van der Waals surface area contributed by atoms with E-state index in [4.69, 9.17) is 11.6 Å². The van der Waals surface area contributed by atoms with E-state index in [0.29, 0.717) is 22.5 Å². The predicted molar refractivity (Wildman–Crippen MR) is 107 cm³/mol. The minimum absolute atomic E-state index is 0.182. The summed E-state index contributed by atoms with van der Waals surface area (Å²) in [5.41, 5.74) is 1.87. The molecule has 2 amide bonds. The van der Waals surface area contributed by atoms with Gasteiger partial charge in [-0.3, -0.25) is 9.89 Å². The molecule has 0 aliphatic carbocycles. The second-order valence-electron chi connectivity index (χ2n) is 5.88. The van der Waals surface area contributed by atoms with E-state index in [9.17, 15) is 4.79 Å². The topological polar surface area (TPSA) is 44.7 Å². The lowest BCUT2D eigenvalue weighted by atomic mass is 10.1. The number of amides is 2. The molecule has 25 heavy (non-hydrogen) atoms. The number of benzene rings is 2. The Kier molecular flexibility index (Phi) is 6.00. The number of nitrogens with one attached hydrogen (secondary N) is 1. The average Bonchev–Trinajstić information content (AvgIpc) is 3.02. The SMILES string of the molecule is C[C@H]1CN=C(N(CCc2ccccc2)C(=O)Nc2cccc(Cl)c2)S1. The first-order chi connectivity index (χ1) is 12.1. The predicted octanol–water partition coefficient (Wildman–Crippen LogP) is 4.91. The number of aliphatic imine (C=N–C) groups is 1. The summed E-state index contributed by atoms with van der Waals surface area (Å²) in [6.07, 6.45) is 0.776. The van der Waals surface area contributed by atoms with Crippen molar-refractivity contribution in [3.05, 3.63) is 65.2 Å².